The monoisotopic (exact) mass is 294 g/mol. The van der Waals surface area contributed by atoms with Gasteiger partial charge in [-0.15, -0.1) is 0 Å². The summed E-state index contributed by atoms with van der Waals surface area (Å²) in [5.41, 5.74) is 6.36. The van der Waals surface area contributed by atoms with Gasteiger partial charge >= 0.3 is 5.97 Å². The number of carbonyl (C=O) groups excluding carboxylic acids is 1. The SMILES string of the molecule is CC(=O)N[C@@H](C(=O)O)[C@H](O)Cn1cnc2c(N)ncnc21. The van der Waals surface area contributed by atoms with Gasteiger partial charge in [-0.1, -0.05) is 0 Å². The number of anilines is 1. The molecule has 0 saturated heterocycles. The summed E-state index contributed by atoms with van der Waals surface area (Å²) in [4.78, 5) is 33.8. The Balaban J connectivity index is 2.24. The van der Waals surface area contributed by atoms with Crippen molar-refractivity contribution >= 4 is 28.9 Å². The third kappa shape index (κ3) is 3.05. The Hall–Kier alpha value is -2.75. The molecule has 0 unspecified atom stereocenters. The van der Waals surface area contributed by atoms with Gasteiger partial charge in [0.15, 0.2) is 17.5 Å². The van der Waals surface area contributed by atoms with Crippen LogP contribution in [0.25, 0.3) is 11.2 Å². The Morgan fingerprint density at radius 1 is 1.43 bits per heavy atom. The average Bonchev–Trinajstić information content (AvgIpc) is 2.80. The molecule has 2 heterocycles. The van der Waals surface area contributed by atoms with E-state index in [4.69, 9.17) is 10.8 Å². The lowest BCUT2D eigenvalue weighted by molar-refractivity contribution is -0.145. The highest BCUT2D eigenvalue weighted by Gasteiger charge is 2.28. The molecule has 112 valence electrons. The van der Waals surface area contributed by atoms with Crippen LogP contribution in [0.15, 0.2) is 12.7 Å². The van der Waals surface area contributed by atoms with Crippen LogP contribution in [0.2, 0.25) is 0 Å². The molecule has 2 atom stereocenters. The van der Waals surface area contributed by atoms with E-state index in [0.29, 0.717) is 11.2 Å². The minimum absolute atomic E-state index is 0.121. The molecule has 10 heteroatoms. The van der Waals surface area contributed by atoms with Crippen LogP contribution in [-0.2, 0) is 16.1 Å². The molecule has 2 aromatic rings. The molecule has 0 fully saturated rings. The van der Waals surface area contributed by atoms with E-state index in [2.05, 4.69) is 20.3 Å². The number of imidazole rings is 1. The van der Waals surface area contributed by atoms with Gasteiger partial charge in [0.25, 0.3) is 0 Å². The predicted molar refractivity (Wildman–Crippen MR) is 71.0 cm³/mol. The molecule has 5 N–H and O–H groups in total. The minimum atomic E-state index is -1.43. The van der Waals surface area contributed by atoms with E-state index in [1.54, 1.807) is 0 Å². The molecule has 0 aliphatic carbocycles. The summed E-state index contributed by atoms with van der Waals surface area (Å²) in [7, 11) is 0. The molecule has 0 bridgehead atoms. The summed E-state index contributed by atoms with van der Waals surface area (Å²) in [6.07, 6.45) is 1.25. The first-order chi connectivity index (χ1) is 9.90. The first kappa shape index (κ1) is 14.7. The number of hydrogen-bond acceptors (Lipinski definition) is 7. The van der Waals surface area contributed by atoms with Gasteiger partial charge in [-0.05, 0) is 0 Å². The van der Waals surface area contributed by atoms with Crippen LogP contribution in [0.5, 0.6) is 0 Å². The molecule has 10 nitrogen and oxygen atoms in total. The van der Waals surface area contributed by atoms with Gasteiger partial charge < -0.3 is 25.8 Å². The summed E-state index contributed by atoms with van der Waals surface area (Å²) in [5.74, 6) is -1.70. The zero-order chi connectivity index (χ0) is 15.6. The fourth-order valence-electron chi connectivity index (χ4n) is 1.88. The fraction of sp³-hybridized carbons (Fsp3) is 0.364. The third-order valence-electron chi connectivity index (χ3n) is 2.82. The third-order valence-corrected chi connectivity index (χ3v) is 2.82. The van der Waals surface area contributed by atoms with Gasteiger partial charge in [0, 0.05) is 6.92 Å². The number of nitrogen functional groups attached to an aromatic ring is 1. The Bertz CT molecular complexity index is 684. The van der Waals surface area contributed by atoms with E-state index in [-0.39, 0.29) is 12.4 Å². The van der Waals surface area contributed by atoms with Crippen molar-refractivity contribution in [2.75, 3.05) is 5.73 Å². The molecular weight excluding hydrogens is 280 g/mol. The van der Waals surface area contributed by atoms with E-state index >= 15 is 0 Å². The Morgan fingerprint density at radius 3 is 2.76 bits per heavy atom. The molecule has 21 heavy (non-hydrogen) atoms. The first-order valence-corrected chi connectivity index (χ1v) is 5.99. The van der Waals surface area contributed by atoms with Crippen LogP contribution < -0.4 is 11.1 Å². The van der Waals surface area contributed by atoms with Crippen LogP contribution in [0.1, 0.15) is 6.92 Å². The van der Waals surface area contributed by atoms with Crippen molar-refractivity contribution in [2.45, 2.75) is 25.6 Å². The summed E-state index contributed by atoms with van der Waals surface area (Å²) in [6, 6.07) is -1.43. The number of aliphatic hydroxyl groups excluding tert-OH is 1. The molecule has 0 aromatic carbocycles. The zero-order valence-electron chi connectivity index (χ0n) is 11.1. The van der Waals surface area contributed by atoms with Crippen LogP contribution in [0.3, 0.4) is 0 Å². The number of nitrogens with zero attached hydrogens (tertiary/aromatic N) is 4. The maximum Gasteiger partial charge on any atom is 0.329 e. The number of aromatic nitrogens is 4. The number of carboxylic acid groups (broad SMARTS) is 1. The molecule has 0 aliphatic rings. The molecule has 0 spiro atoms. The van der Waals surface area contributed by atoms with E-state index in [1.807, 2.05) is 0 Å². The number of rotatable bonds is 5. The standard InChI is InChI=1S/C11H14N6O4/c1-5(18)16-7(11(20)21)6(19)2-17-4-15-8-9(12)13-3-14-10(8)17/h3-4,6-7,19H,2H2,1H3,(H,16,18)(H,20,21)(H2,12,13,14)/t6-,7-/m1/s1. The van der Waals surface area contributed by atoms with E-state index in [1.165, 1.54) is 24.1 Å². The lowest BCUT2D eigenvalue weighted by Crippen LogP contribution is -2.49. The molecule has 2 aromatic heterocycles. The average molecular weight is 294 g/mol. The number of nitrogens with one attached hydrogen (secondary N) is 1. The number of carboxylic acids is 1. The van der Waals surface area contributed by atoms with Crippen molar-refractivity contribution < 1.29 is 19.8 Å². The maximum atomic E-state index is 11.1. The highest BCUT2D eigenvalue weighted by molar-refractivity contribution is 5.83. The topological polar surface area (TPSA) is 156 Å². The smallest absolute Gasteiger partial charge is 0.329 e. The van der Waals surface area contributed by atoms with Gasteiger partial charge in [0.05, 0.1) is 12.9 Å². The molecule has 0 radical (unpaired) electrons. The van der Waals surface area contributed by atoms with E-state index < -0.39 is 24.0 Å². The molecule has 2 rings (SSSR count). The normalized spacial score (nSPS) is 13.8. The Morgan fingerprint density at radius 2 is 2.14 bits per heavy atom. The highest BCUT2D eigenvalue weighted by Crippen LogP contribution is 2.15. The lowest BCUT2D eigenvalue weighted by atomic mass is 10.1. The summed E-state index contributed by atoms with van der Waals surface area (Å²) in [5, 5.41) is 21.2. The van der Waals surface area contributed by atoms with Crippen LogP contribution >= 0.6 is 0 Å². The Kier molecular flexibility index (Phi) is 3.98. The summed E-state index contributed by atoms with van der Waals surface area (Å²) < 4.78 is 1.44. The largest absolute Gasteiger partial charge is 0.480 e. The van der Waals surface area contributed by atoms with Gasteiger partial charge in [-0.2, -0.15) is 0 Å². The van der Waals surface area contributed by atoms with Crippen molar-refractivity contribution in [3.63, 3.8) is 0 Å². The number of amides is 1. The van der Waals surface area contributed by atoms with Crippen molar-refractivity contribution in [1.82, 2.24) is 24.8 Å². The summed E-state index contributed by atoms with van der Waals surface area (Å²) in [6.45, 7) is 1.05. The van der Waals surface area contributed by atoms with Gasteiger partial charge in [0.1, 0.15) is 17.9 Å². The van der Waals surface area contributed by atoms with Crippen LogP contribution in [0.4, 0.5) is 5.82 Å². The van der Waals surface area contributed by atoms with Gasteiger partial charge in [0.2, 0.25) is 5.91 Å². The first-order valence-electron chi connectivity index (χ1n) is 5.99. The Labute approximate surface area is 118 Å². The summed E-state index contributed by atoms with van der Waals surface area (Å²) >= 11 is 0. The number of carbonyl (C=O) groups is 2. The van der Waals surface area contributed by atoms with Gasteiger partial charge in [-0.25, -0.2) is 19.7 Å². The molecule has 0 aliphatic heterocycles. The lowest BCUT2D eigenvalue weighted by Gasteiger charge is -2.20. The van der Waals surface area contributed by atoms with Crippen LogP contribution in [0, 0.1) is 0 Å². The zero-order valence-corrected chi connectivity index (χ0v) is 11.1. The second kappa shape index (κ2) is 5.71. The van der Waals surface area contributed by atoms with Crippen molar-refractivity contribution in [2.24, 2.45) is 0 Å². The number of aliphatic carboxylic acids is 1. The number of aliphatic hydroxyl groups is 1. The number of fused-ring (bicyclic) bond motifs is 1. The van der Waals surface area contributed by atoms with E-state index in [0.717, 1.165) is 0 Å². The molecular formula is C11H14N6O4. The van der Waals surface area contributed by atoms with Crippen molar-refractivity contribution in [3.8, 4) is 0 Å². The van der Waals surface area contributed by atoms with Crippen molar-refractivity contribution in [3.05, 3.63) is 12.7 Å². The minimum Gasteiger partial charge on any atom is -0.480 e. The number of nitrogens with two attached hydrogens (primary N) is 1. The quantitative estimate of drug-likeness (QED) is 0.511. The van der Waals surface area contributed by atoms with E-state index in [9.17, 15) is 14.7 Å². The van der Waals surface area contributed by atoms with Gasteiger partial charge in [-0.3, -0.25) is 4.79 Å². The van der Waals surface area contributed by atoms with Crippen molar-refractivity contribution in [1.29, 1.82) is 0 Å². The highest BCUT2D eigenvalue weighted by atomic mass is 16.4. The van der Waals surface area contributed by atoms with Crippen LogP contribution in [-0.4, -0.2) is 53.8 Å². The maximum absolute atomic E-state index is 11.1. The number of hydrogen-bond donors (Lipinski definition) is 4. The second-order valence-electron chi connectivity index (χ2n) is 4.41. The second-order valence-corrected chi connectivity index (χ2v) is 4.41. The molecule has 1 amide bonds. The predicted octanol–water partition coefficient (Wildman–Crippen LogP) is -1.64. The molecule has 0 saturated carbocycles. The fourth-order valence-corrected chi connectivity index (χ4v) is 1.88.